The topological polar surface area (TPSA) is 42.4 Å². The van der Waals surface area contributed by atoms with E-state index in [0.717, 1.165) is 31.0 Å². The first kappa shape index (κ1) is 18.5. The maximum atomic E-state index is 13.5. The molecule has 2 heterocycles. The number of carbonyl (C=O) groups is 1. The van der Waals surface area contributed by atoms with Crippen LogP contribution in [0, 0.1) is 17.6 Å². The largest absolute Gasteiger partial charge is 0.466 e. The van der Waals surface area contributed by atoms with E-state index >= 15 is 0 Å². The lowest BCUT2D eigenvalue weighted by Gasteiger charge is -2.31. The molecule has 1 aliphatic rings. The molecular weight excluding hydrogens is 338 g/mol. The number of benzene rings is 1. The Hall–Kier alpha value is -2.34. The minimum Gasteiger partial charge on any atom is -0.466 e. The third-order valence-electron chi connectivity index (χ3n) is 4.52. The lowest BCUT2D eigenvalue weighted by Crippen LogP contribution is -2.38. The molecule has 1 aromatic carbocycles. The predicted molar refractivity (Wildman–Crippen MR) is 94.2 cm³/mol. The van der Waals surface area contributed by atoms with Gasteiger partial charge < -0.3 is 4.74 Å². The SMILES string of the molecule is CCOC(=O)C1CCCN(Cc2cncc(-c3cc(F)cc(F)c3)c2)C1. The fraction of sp³-hybridized carbons (Fsp3) is 0.400. The van der Waals surface area contributed by atoms with Crippen LogP contribution in [0.3, 0.4) is 0 Å². The van der Waals surface area contributed by atoms with E-state index in [1.165, 1.54) is 12.1 Å². The summed E-state index contributed by atoms with van der Waals surface area (Å²) < 4.78 is 32.0. The summed E-state index contributed by atoms with van der Waals surface area (Å²) in [5.41, 5.74) is 2.07. The van der Waals surface area contributed by atoms with Crippen LogP contribution in [0.1, 0.15) is 25.3 Å². The molecule has 0 aliphatic carbocycles. The molecule has 26 heavy (non-hydrogen) atoms. The van der Waals surface area contributed by atoms with Gasteiger partial charge in [0.25, 0.3) is 0 Å². The minimum atomic E-state index is -0.612. The number of hydrogen-bond donors (Lipinski definition) is 0. The number of pyridine rings is 1. The van der Waals surface area contributed by atoms with Crippen molar-refractivity contribution in [1.82, 2.24) is 9.88 Å². The van der Waals surface area contributed by atoms with E-state index in [9.17, 15) is 13.6 Å². The Bertz CT molecular complexity index is 762. The Morgan fingerprint density at radius 1 is 1.19 bits per heavy atom. The van der Waals surface area contributed by atoms with E-state index in [1.807, 2.05) is 13.0 Å². The highest BCUT2D eigenvalue weighted by molar-refractivity contribution is 5.72. The number of nitrogens with zero attached hydrogens (tertiary/aromatic N) is 2. The number of piperidine rings is 1. The van der Waals surface area contributed by atoms with Crippen molar-refractivity contribution in [3.63, 3.8) is 0 Å². The number of rotatable bonds is 5. The summed E-state index contributed by atoms with van der Waals surface area (Å²) in [5.74, 6) is -1.46. The van der Waals surface area contributed by atoms with Crippen molar-refractivity contribution in [3.8, 4) is 11.1 Å². The fourth-order valence-electron chi connectivity index (χ4n) is 3.36. The van der Waals surface area contributed by atoms with Crippen molar-refractivity contribution in [2.24, 2.45) is 5.92 Å². The van der Waals surface area contributed by atoms with Gasteiger partial charge >= 0.3 is 5.97 Å². The molecule has 1 unspecified atom stereocenters. The third kappa shape index (κ3) is 4.64. The van der Waals surface area contributed by atoms with Gasteiger partial charge in [-0.05, 0) is 55.6 Å². The highest BCUT2D eigenvalue weighted by Crippen LogP contribution is 2.24. The van der Waals surface area contributed by atoms with Gasteiger partial charge in [0.05, 0.1) is 12.5 Å². The molecule has 3 rings (SSSR count). The summed E-state index contributed by atoms with van der Waals surface area (Å²) in [4.78, 5) is 18.4. The van der Waals surface area contributed by atoms with Crippen LogP contribution < -0.4 is 0 Å². The summed E-state index contributed by atoms with van der Waals surface area (Å²) in [5, 5.41) is 0. The first-order valence-electron chi connectivity index (χ1n) is 8.84. The Morgan fingerprint density at radius 3 is 2.69 bits per heavy atom. The zero-order chi connectivity index (χ0) is 18.5. The summed E-state index contributed by atoms with van der Waals surface area (Å²) >= 11 is 0. The van der Waals surface area contributed by atoms with Crippen LogP contribution in [0.4, 0.5) is 8.78 Å². The quantitative estimate of drug-likeness (QED) is 0.761. The zero-order valence-corrected chi connectivity index (χ0v) is 14.8. The number of hydrogen-bond acceptors (Lipinski definition) is 4. The van der Waals surface area contributed by atoms with Gasteiger partial charge in [-0.25, -0.2) is 8.78 Å². The Morgan fingerprint density at radius 2 is 1.96 bits per heavy atom. The average Bonchev–Trinajstić information content (AvgIpc) is 2.61. The number of aromatic nitrogens is 1. The lowest BCUT2D eigenvalue weighted by atomic mass is 9.97. The molecular formula is C20H22F2N2O2. The van der Waals surface area contributed by atoms with Crippen LogP contribution in [0.15, 0.2) is 36.7 Å². The van der Waals surface area contributed by atoms with Gasteiger partial charge in [0, 0.05) is 37.1 Å². The first-order chi connectivity index (χ1) is 12.5. The Labute approximate surface area is 151 Å². The van der Waals surface area contributed by atoms with Gasteiger partial charge in [-0.15, -0.1) is 0 Å². The average molecular weight is 360 g/mol. The van der Waals surface area contributed by atoms with Crippen molar-refractivity contribution in [1.29, 1.82) is 0 Å². The molecule has 138 valence electrons. The molecule has 1 aliphatic heterocycles. The molecule has 0 spiro atoms. The normalized spacial score (nSPS) is 17.9. The van der Waals surface area contributed by atoms with Crippen molar-refractivity contribution in [2.75, 3.05) is 19.7 Å². The summed E-state index contributed by atoms with van der Waals surface area (Å²) in [7, 11) is 0. The number of esters is 1. The van der Waals surface area contributed by atoms with E-state index in [1.54, 1.807) is 12.4 Å². The van der Waals surface area contributed by atoms with Gasteiger partial charge in [-0.3, -0.25) is 14.7 Å². The van der Waals surface area contributed by atoms with Crippen molar-refractivity contribution >= 4 is 5.97 Å². The van der Waals surface area contributed by atoms with Crippen LogP contribution in [-0.2, 0) is 16.1 Å². The highest BCUT2D eigenvalue weighted by atomic mass is 19.1. The molecule has 2 aromatic rings. The molecule has 1 atom stereocenters. The van der Waals surface area contributed by atoms with Gasteiger partial charge in [0.15, 0.2) is 0 Å². The second kappa shape index (κ2) is 8.36. The number of ether oxygens (including phenoxy) is 1. The molecule has 1 saturated heterocycles. The fourth-order valence-corrected chi connectivity index (χ4v) is 3.36. The standard InChI is InChI=1S/C20H22F2N2O2/c1-2-26-20(25)15-4-3-5-24(13-15)12-14-6-17(11-23-10-14)16-7-18(21)9-19(22)8-16/h6-11,15H,2-5,12-13H2,1H3. The maximum Gasteiger partial charge on any atom is 0.310 e. The number of carbonyl (C=O) groups excluding carboxylic acids is 1. The molecule has 0 amide bonds. The Kier molecular flexibility index (Phi) is 5.93. The third-order valence-corrected chi connectivity index (χ3v) is 4.52. The van der Waals surface area contributed by atoms with Crippen LogP contribution in [0.25, 0.3) is 11.1 Å². The highest BCUT2D eigenvalue weighted by Gasteiger charge is 2.26. The zero-order valence-electron chi connectivity index (χ0n) is 14.8. The van der Waals surface area contributed by atoms with Gasteiger partial charge in [-0.2, -0.15) is 0 Å². The number of halogens is 2. The second-order valence-corrected chi connectivity index (χ2v) is 6.57. The molecule has 0 radical (unpaired) electrons. The summed E-state index contributed by atoms with van der Waals surface area (Å²) in [6.45, 7) is 4.39. The molecule has 0 N–H and O–H groups in total. The molecule has 0 bridgehead atoms. The van der Waals surface area contributed by atoms with Gasteiger partial charge in [0.1, 0.15) is 11.6 Å². The molecule has 0 saturated carbocycles. The molecule has 1 fully saturated rings. The van der Waals surface area contributed by atoms with Crippen molar-refractivity contribution < 1.29 is 18.3 Å². The second-order valence-electron chi connectivity index (χ2n) is 6.57. The van der Waals surface area contributed by atoms with Crippen molar-refractivity contribution in [3.05, 3.63) is 53.9 Å². The maximum absolute atomic E-state index is 13.5. The summed E-state index contributed by atoms with van der Waals surface area (Å²) in [6.07, 6.45) is 5.12. The predicted octanol–water partition coefficient (Wildman–Crippen LogP) is 3.80. The van der Waals surface area contributed by atoms with Crippen LogP contribution in [0.5, 0.6) is 0 Å². The monoisotopic (exact) mass is 360 g/mol. The number of likely N-dealkylation sites (tertiary alicyclic amines) is 1. The Balaban J connectivity index is 1.71. The lowest BCUT2D eigenvalue weighted by molar-refractivity contribution is -0.150. The van der Waals surface area contributed by atoms with Gasteiger partial charge in [0.2, 0.25) is 0 Å². The molecule has 6 heteroatoms. The van der Waals surface area contributed by atoms with E-state index in [4.69, 9.17) is 4.74 Å². The van der Waals surface area contributed by atoms with E-state index in [-0.39, 0.29) is 11.9 Å². The summed E-state index contributed by atoms with van der Waals surface area (Å²) in [6, 6.07) is 5.32. The first-order valence-corrected chi connectivity index (χ1v) is 8.84. The van der Waals surface area contributed by atoms with Crippen LogP contribution >= 0.6 is 0 Å². The minimum absolute atomic E-state index is 0.0999. The van der Waals surface area contributed by atoms with E-state index < -0.39 is 11.6 Å². The molecule has 4 nitrogen and oxygen atoms in total. The van der Waals surface area contributed by atoms with Gasteiger partial charge in [-0.1, -0.05) is 0 Å². The smallest absolute Gasteiger partial charge is 0.310 e. The van der Waals surface area contributed by atoms with Crippen LogP contribution in [-0.4, -0.2) is 35.5 Å². The van der Waals surface area contributed by atoms with E-state index in [0.29, 0.717) is 30.8 Å². The van der Waals surface area contributed by atoms with Crippen LogP contribution in [0.2, 0.25) is 0 Å². The van der Waals surface area contributed by atoms with Crippen molar-refractivity contribution in [2.45, 2.75) is 26.3 Å². The van der Waals surface area contributed by atoms with E-state index in [2.05, 4.69) is 9.88 Å². The molecule has 1 aromatic heterocycles.